The van der Waals surface area contributed by atoms with Crippen LogP contribution in [0.2, 0.25) is 5.02 Å². The smallest absolute Gasteiger partial charge is 0.341 e. The van der Waals surface area contributed by atoms with Crippen molar-refractivity contribution < 1.29 is 19.4 Å². The van der Waals surface area contributed by atoms with E-state index in [1.165, 1.54) is 0 Å². The van der Waals surface area contributed by atoms with Gasteiger partial charge in [-0.15, -0.1) is 0 Å². The van der Waals surface area contributed by atoms with Crippen molar-refractivity contribution in [2.24, 2.45) is 0 Å². The summed E-state index contributed by atoms with van der Waals surface area (Å²) >= 11 is 5.94. The fraction of sp³-hybridized carbons (Fsp3) is 0.300. The molecule has 0 saturated heterocycles. The normalized spacial score (nSPS) is 15.8. The molecule has 136 valence electrons. The number of benzene rings is 2. The van der Waals surface area contributed by atoms with Gasteiger partial charge in [-0.05, 0) is 55.2 Å². The molecular formula is C20H20ClNO4. The third-order valence-corrected chi connectivity index (χ3v) is 4.92. The third-order valence-electron chi connectivity index (χ3n) is 4.67. The highest BCUT2D eigenvalue weighted by atomic mass is 35.5. The number of carboxylic acids is 1. The average molecular weight is 374 g/mol. The molecule has 1 unspecified atom stereocenters. The lowest BCUT2D eigenvalue weighted by Crippen LogP contribution is -2.36. The molecule has 1 aliphatic carbocycles. The van der Waals surface area contributed by atoms with E-state index in [4.69, 9.17) is 21.4 Å². The van der Waals surface area contributed by atoms with Gasteiger partial charge >= 0.3 is 5.97 Å². The molecule has 26 heavy (non-hydrogen) atoms. The van der Waals surface area contributed by atoms with Gasteiger partial charge in [0.2, 0.25) is 5.91 Å². The number of carbonyl (C=O) groups is 2. The summed E-state index contributed by atoms with van der Waals surface area (Å²) in [7, 11) is 0. The number of rotatable bonds is 7. The number of hydrogen-bond donors (Lipinski definition) is 2. The van der Waals surface area contributed by atoms with Crippen molar-refractivity contribution in [2.75, 3.05) is 6.61 Å². The second kappa shape index (κ2) is 7.38. The first-order valence-electron chi connectivity index (χ1n) is 8.42. The van der Waals surface area contributed by atoms with Gasteiger partial charge in [-0.1, -0.05) is 35.9 Å². The molecule has 0 aliphatic heterocycles. The van der Waals surface area contributed by atoms with Crippen LogP contribution in [0.4, 0.5) is 0 Å². The molecule has 1 atom stereocenters. The lowest BCUT2D eigenvalue weighted by Gasteiger charge is -2.20. The molecule has 2 aromatic rings. The van der Waals surface area contributed by atoms with Crippen LogP contribution in [-0.2, 0) is 15.0 Å². The number of carboxylic acid groups (broad SMARTS) is 1. The van der Waals surface area contributed by atoms with Crippen LogP contribution in [0.1, 0.15) is 36.9 Å². The van der Waals surface area contributed by atoms with Crippen LogP contribution >= 0.6 is 11.6 Å². The number of hydrogen-bond acceptors (Lipinski definition) is 3. The maximum atomic E-state index is 12.8. The van der Waals surface area contributed by atoms with Gasteiger partial charge in [0.25, 0.3) is 0 Å². The summed E-state index contributed by atoms with van der Waals surface area (Å²) in [4.78, 5) is 23.3. The Labute approximate surface area is 156 Å². The zero-order valence-corrected chi connectivity index (χ0v) is 15.1. The summed E-state index contributed by atoms with van der Waals surface area (Å²) in [6.45, 7) is 1.54. The van der Waals surface area contributed by atoms with Gasteiger partial charge in [-0.25, -0.2) is 4.79 Å². The maximum Gasteiger partial charge on any atom is 0.341 e. The third kappa shape index (κ3) is 3.99. The van der Waals surface area contributed by atoms with E-state index in [0.29, 0.717) is 10.8 Å². The molecule has 1 aliphatic rings. The van der Waals surface area contributed by atoms with Gasteiger partial charge in [-0.2, -0.15) is 0 Å². The van der Waals surface area contributed by atoms with Gasteiger partial charge in [0.1, 0.15) is 5.75 Å². The number of carbonyl (C=O) groups excluding carboxylic acids is 1. The number of ether oxygens (including phenoxy) is 1. The summed E-state index contributed by atoms with van der Waals surface area (Å²) in [6, 6.07) is 14.3. The molecule has 0 spiro atoms. The Hall–Kier alpha value is -2.53. The Morgan fingerprint density at radius 2 is 1.77 bits per heavy atom. The molecular weight excluding hydrogens is 354 g/mol. The predicted octanol–water partition coefficient (Wildman–Crippen LogP) is 3.71. The minimum Gasteiger partial charge on any atom is -0.482 e. The topological polar surface area (TPSA) is 75.6 Å². The molecule has 5 nitrogen and oxygen atoms in total. The van der Waals surface area contributed by atoms with Gasteiger partial charge in [0.15, 0.2) is 6.61 Å². The van der Waals surface area contributed by atoms with Crippen molar-refractivity contribution in [1.82, 2.24) is 5.32 Å². The minimum atomic E-state index is -1.02. The van der Waals surface area contributed by atoms with Crippen molar-refractivity contribution in [1.29, 1.82) is 0 Å². The summed E-state index contributed by atoms with van der Waals surface area (Å²) in [6.07, 6.45) is 1.66. The molecule has 0 bridgehead atoms. The van der Waals surface area contributed by atoms with Crippen molar-refractivity contribution in [3.63, 3.8) is 0 Å². The Balaban J connectivity index is 1.64. The van der Waals surface area contributed by atoms with Gasteiger partial charge < -0.3 is 15.2 Å². The first-order chi connectivity index (χ1) is 12.4. The lowest BCUT2D eigenvalue weighted by atomic mass is 9.94. The van der Waals surface area contributed by atoms with Crippen molar-refractivity contribution in [3.05, 3.63) is 64.7 Å². The van der Waals surface area contributed by atoms with Crippen LogP contribution in [0.3, 0.4) is 0 Å². The van der Waals surface area contributed by atoms with Crippen molar-refractivity contribution >= 4 is 23.5 Å². The molecule has 1 fully saturated rings. The molecule has 2 aromatic carbocycles. The van der Waals surface area contributed by atoms with Crippen molar-refractivity contribution in [2.45, 2.75) is 31.2 Å². The van der Waals surface area contributed by atoms with E-state index < -0.39 is 11.4 Å². The van der Waals surface area contributed by atoms with Crippen LogP contribution in [0.15, 0.2) is 48.5 Å². The summed E-state index contributed by atoms with van der Waals surface area (Å²) in [5, 5.41) is 12.4. The zero-order chi connectivity index (χ0) is 18.7. The predicted molar refractivity (Wildman–Crippen MR) is 98.5 cm³/mol. The molecule has 0 radical (unpaired) electrons. The molecule has 6 heteroatoms. The van der Waals surface area contributed by atoms with Crippen LogP contribution in [-0.4, -0.2) is 23.6 Å². The fourth-order valence-corrected chi connectivity index (χ4v) is 3.08. The van der Waals surface area contributed by atoms with E-state index in [9.17, 15) is 9.59 Å². The van der Waals surface area contributed by atoms with E-state index in [0.717, 1.165) is 24.0 Å². The Bertz CT molecular complexity index is 798. The highest BCUT2D eigenvalue weighted by molar-refractivity contribution is 6.30. The number of amides is 1. The van der Waals surface area contributed by atoms with Crippen LogP contribution in [0.5, 0.6) is 5.75 Å². The number of aliphatic carboxylic acids is 1. The molecule has 0 heterocycles. The van der Waals surface area contributed by atoms with E-state index in [-0.39, 0.29) is 18.6 Å². The fourth-order valence-electron chi connectivity index (χ4n) is 2.96. The average Bonchev–Trinajstić information content (AvgIpc) is 3.43. The Kier molecular flexibility index (Phi) is 5.18. The second-order valence-electron chi connectivity index (χ2n) is 6.54. The number of halogens is 1. The van der Waals surface area contributed by atoms with Crippen LogP contribution in [0, 0.1) is 0 Å². The first-order valence-corrected chi connectivity index (χ1v) is 8.80. The van der Waals surface area contributed by atoms with Crippen LogP contribution in [0.25, 0.3) is 0 Å². The minimum absolute atomic E-state index is 0.0125. The molecule has 1 amide bonds. The first kappa shape index (κ1) is 18.3. The van der Waals surface area contributed by atoms with Gasteiger partial charge in [0.05, 0.1) is 11.5 Å². The summed E-state index contributed by atoms with van der Waals surface area (Å²) in [5.74, 6) is -0.528. The van der Waals surface area contributed by atoms with E-state index in [1.807, 2.05) is 43.3 Å². The standard InChI is InChI=1S/C20H20ClNO4/c1-13(14-2-8-17(9-3-14)26-12-18(23)24)22-19(25)20(10-11-20)15-4-6-16(21)7-5-15/h2-9,13H,10-12H2,1H3,(H,22,25)(H,23,24). The second-order valence-corrected chi connectivity index (χ2v) is 6.97. The highest BCUT2D eigenvalue weighted by Crippen LogP contribution is 2.48. The summed E-state index contributed by atoms with van der Waals surface area (Å²) < 4.78 is 5.12. The Morgan fingerprint density at radius 1 is 1.15 bits per heavy atom. The number of nitrogens with one attached hydrogen (secondary N) is 1. The highest BCUT2D eigenvalue weighted by Gasteiger charge is 2.51. The van der Waals surface area contributed by atoms with Gasteiger partial charge in [-0.3, -0.25) is 4.79 Å². The van der Waals surface area contributed by atoms with E-state index >= 15 is 0 Å². The van der Waals surface area contributed by atoms with Crippen LogP contribution < -0.4 is 10.1 Å². The monoisotopic (exact) mass is 373 g/mol. The lowest BCUT2D eigenvalue weighted by molar-refractivity contribution is -0.139. The molecule has 3 rings (SSSR count). The Morgan fingerprint density at radius 3 is 2.31 bits per heavy atom. The van der Waals surface area contributed by atoms with Crippen molar-refractivity contribution in [3.8, 4) is 5.75 Å². The zero-order valence-electron chi connectivity index (χ0n) is 14.4. The maximum absolute atomic E-state index is 12.8. The van der Waals surface area contributed by atoms with Gasteiger partial charge in [0, 0.05) is 5.02 Å². The molecule has 0 aromatic heterocycles. The molecule has 2 N–H and O–H groups in total. The molecule has 1 saturated carbocycles. The summed E-state index contributed by atoms with van der Waals surface area (Å²) in [5.41, 5.74) is 1.46. The quantitative estimate of drug-likeness (QED) is 0.775. The SMILES string of the molecule is CC(NC(=O)C1(c2ccc(Cl)cc2)CC1)c1ccc(OCC(=O)O)cc1. The largest absolute Gasteiger partial charge is 0.482 e. The van der Waals surface area contributed by atoms with E-state index in [1.54, 1.807) is 12.1 Å². The van der Waals surface area contributed by atoms with E-state index in [2.05, 4.69) is 5.32 Å².